The molecule has 1 saturated heterocycles. The SMILES string of the molecule is CCN(C(=O)C1(CC)COC1)c1cccc(C)c1. The molecule has 18 heavy (non-hydrogen) atoms. The highest BCUT2D eigenvalue weighted by molar-refractivity contribution is 5.98. The summed E-state index contributed by atoms with van der Waals surface area (Å²) in [6.45, 7) is 7.94. The number of benzene rings is 1. The number of nitrogens with zero attached hydrogens (tertiary/aromatic N) is 1. The van der Waals surface area contributed by atoms with E-state index in [0.29, 0.717) is 19.8 Å². The summed E-state index contributed by atoms with van der Waals surface area (Å²) in [5.41, 5.74) is 1.87. The van der Waals surface area contributed by atoms with E-state index in [1.165, 1.54) is 5.56 Å². The first-order chi connectivity index (χ1) is 8.63. The predicted molar refractivity (Wildman–Crippen MR) is 72.7 cm³/mol. The fourth-order valence-corrected chi connectivity index (χ4v) is 2.35. The molecule has 0 atom stereocenters. The summed E-state index contributed by atoms with van der Waals surface area (Å²) in [5.74, 6) is 0.198. The molecule has 1 aliphatic rings. The fourth-order valence-electron chi connectivity index (χ4n) is 2.35. The molecular formula is C15H21NO2. The standard InChI is InChI=1S/C15H21NO2/c1-4-15(10-18-11-15)14(17)16(5-2)13-8-6-7-12(3)9-13/h6-9H,4-5,10-11H2,1-3H3. The minimum Gasteiger partial charge on any atom is -0.379 e. The Morgan fingerprint density at radius 1 is 1.39 bits per heavy atom. The molecule has 2 rings (SSSR count). The maximum atomic E-state index is 12.7. The third-order valence-corrected chi connectivity index (χ3v) is 3.76. The minimum atomic E-state index is -0.292. The van der Waals surface area contributed by atoms with Gasteiger partial charge in [0.05, 0.1) is 18.6 Å². The number of anilines is 1. The van der Waals surface area contributed by atoms with Gasteiger partial charge < -0.3 is 9.64 Å². The van der Waals surface area contributed by atoms with Gasteiger partial charge in [-0.15, -0.1) is 0 Å². The van der Waals surface area contributed by atoms with Crippen LogP contribution in [0.25, 0.3) is 0 Å². The Bertz CT molecular complexity index is 432. The quantitative estimate of drug-likeness (QED) is 0.818. The van der Waals surface area contributed by atoms with Crippen LogP contribution in [0.3, 0.4) is 0 Å². The van der Waals surface area contributed by atoms with E-state index in [1.54, 1.807) is 0 Å². The average Bonchev–Trinajstić information content (AvgIpc) is 2.29. The van der Waals surface area contributed by atoms with Gasteiger partial charge in [0.25, 0.3) is 0 Å². The molecule has 1 fully saturated rings. The van der Waals surface area contributed by atoms with Crippen molar-refractivity contribution >= 4 is 11.6 Å². The molecule has 1 amide bonds. The van der Waals surface area contributed by atoms with Crippen LogP contribution in [0.15, 0.2) is 24.3 Å². The van der Waals surface area contributed by atoms with Crippen molar-refractivity contribution in [3.8, 4) is 0 Å². The highest BCUT2D eigenvalue weighted by Crippen LogP contribution is 2.35. The van der Waals surface area contributed by atoms with Crippen LogP contribution in [0, 0.1) is 12.3 Å². The molecule has 98 valence electrons. The van der Waals surface area contributed by atoms with E-state index in [0.717, 1.165) is 12.1 Å². The molecule has 3 nitrogen and oxygen atoms in total. The summed E-state index contributed by atoms with van der Waals surface area (Å²) in [7, 11) is 0. The summed E-state index contributed by atoms with van der Waals surface area (Å²) < 4.78 is 5.26. The Balaban J connectivity index is 2.26. The first-order valence-electron chi connectivity index (χ1n) is 6.59. The highest BCUT2D eigenvalue weighted by Gasteiger charge is 2.46. The second-order valence-electron chi connectivity index (χ2n) is 5.02. The van der Waals surface area contributed by atoms with Gasteiger partial charge >= 0.3 is 0 Å². The van der Waals surface area contributed by atoms with Crippen LogP contribution in [0.5, 0.6) is 0 Å². The van der Waals surface area contributed by atoms with Crippen LogP contribution in [0.4, 0.5) is 5.69 Å². The Kier molecular flexibility index (Phi) is 3.71. The summed E-state index contributed by atoms with van der Waals surface area (Å²) in [6, 6.07) is 8.10. The van der Waals surface area contributed by atoms with Crippen molar-refractivity contribution in [3.63, 3.8) is 0 Å². The second-order valence-corrected chi connectivity index (χ2v) is 5.02. The van der Waals surface area contributed by atoms with Gasteiger partial charge in [0.2, 0.25) is 5.91 Å². The molecule has 0 aliphatic carbocycles. The van der Waals surface area contributed by atoms with E-state index in [4.69, 9.17) is 4.74 Å². The predicted octanol–water partition coefficient (Wildman–Crippen LogP) is 2.77. The number of amides is 1. The maximum Gasteiger partial charge on any atom is 0.237 e. The van der Waals surface area contributed by atoms with Crippen LogP contribution >= 0.6 is 0 Å². The van der Waals surface area contributed by atoms with Crippen LogP contribution < -0.4 is 4.90 Å². The topological polar surface area (TPSA) is 29.5 Å². The summed E-state index contributed by atoms with van der Waals surface area (Å²) in [4.78, 5) is 14.5. The normalized spacial score (nSPS) is 17.1. The lowest BCUT2D eigenvalue weighted by Gasteiger charge is -2.42. The summed E-state index contributed by atoms with van der Waals surface area (Å²) in [6.07, 6.45) is 0.841. The van der Waals surface area contributed by atoms with E-state index in [1.807, 2.05) is 36.9 Å². The second kappa shape index (κ2) is 5.11. The molecule has 0 unspecified atom stereocenters. The number of aryl methyl sites for hydroxylation is 1. The van der Waals surface area contributed by atoms with E-state index in [2.05, 4.69) is 13.0 Å². The van der Waals surface area contributed by atoms with Gasteiger partial charge in [0.1, 0.15) is 0 Å². The van der Waals surface area contributed by atoms with Crippen molar-refractivity contribution in [2.75, 3.05) is 24.7 Å². The van der Waals surface area contributed by atoms with Crippen molar-refractivity contribution in [1.29, 1.82) is 0 Å². The van der Waals surface area contributed by atoms with Crippen molar-refractivity contribution in [2.45, 2.75) is 27.2 Å². The summed E-state index contributed by atoms with van der Waals surface area (Å²) in [5, 5.41) is 0. The lowest BCUT2D eigenvalue weighted by atomic mass is 9.81. The maximum absolute atomic E-state index is 12.7. The Morgan fingerprint density at radius 2 is 2.11 bits per heavy atom. The first kappa shape index (κ1) is 13.1. The molecule has 1 aromatic carbocycles. The van der Waals surface area contributed by atoms with Crippen LogP contribution in [-0.4, -0.2) is 25.7 Å². The van der Waals surface area contributed by atoms with Crippen molar-refractivity contribution in [1.82, 2.24) is 0 Å². The molecule has 0 saturated carbocycles. The van der Waals surface area contributed by atoms with Gasteiger partial charge in [0, 0.05) is 12.2 Å². The lowest BCUT2D eigenvalue weighted by Crippen LogP contribution is -2.55. The van der Waals surface area contributed by atoms with Crippen molar-refractivity contribution in [2.24, 2.45) is 5.41 Å². The number of hydrogen-bond donors (Lipinski definition) is 0. The van der Waals surface area contributed by atoms with Crippen molar-refractivity contribution in [3.05, 3.63) is 29.8 Å². The number of carbonyl (C=O) groups excluding carboxylic acids is 1. The zero-order valence-electron chi connectivity index (χ0n) is 11.4. The highest BCUT2D eigenvalue weighted by atomic mass is 16.5. The smallest absolute Gasteiger partial charge is 0.237 e. The number of ether oxygens (including phenoxy) is 1. The van der Waals surface area contributed by atoms with E-state index < -0.39 is 0 Å². The molecule has 0 radical (unpaired) electrons. The number of rotatable bonds is 4. The van der Waals surface area contributed by atoms with Gasteiger partial charge in [-0.1, -0.05) is 19.1 Å². The third kappa shape index (κ3) is 2.15. The minimum absolute atomic E-state index is 0.198. The molecular weight excluding hydrogens is 226 g/mol. The molecule has 3 heteroatoms. The first-order valence-corrected chi connectivity index (χ1v) is 6.59. The number of hydrogen-bond acceptors (Lipinski definition) is 2. The Hall–Kier alpha value is -1.35. The molecule has 1 aliphatic heterocycles. The van der Waals surface area contributed by atoms with E-state index in [9.17, 15) is 4.79 Å². The monoisotopic (exact) mass is 247 g/mol. The van der Waals surface area contributed by atoms with Gasteiger partial charge in [0.15, 0.2) is 0 Å². The molecule has 1 aromatic rings. The molecule has 0 N–H and O–H groups in total. The molecule has 0 aromatic heterocycles. The van der Waals surface area contributed by atoms with Gasteiger partial charge in [-0.2, -0.15) is 0 Å². The van der Waals surface area contributed by atoms with E-state index in [-0.39, 0.29) is 11.3 Å². The molecule has 0 bridgehead atoms. The molecule has 0 spiro atoms. The summed E-state index contributed by atoms with van der Waals surface area (Å²) >= 11 is 0. The van der Waals surface area contributed by atoms with Gasteiger partial charge in [-0.3, -0.25) is 4.79 Å². The van der Waals surface area contributed by atoms with Crippen LogP contribution in [-0.2, 0) is 9.53 Å². The Labute approximate surface area is 109 Å². The molecule has 1 heterocycles. The van der Waals surface area contributed by atoms with Crippen LogP contribution in [0.1, 0.15) is 25.8 Å². The van der Waals surface area contributed by atoms with Gasteiger partial charge in [-0.25, -0.2) is 0 Å². The van der Waals surface area contributed by atoms with Crippen LogP contribution in [0.2, 0.25) is 0 Å². The fraction of sp³-hybridized carbons (Fsp3) is 0.533. The number of carbonyl (C=O) groups is 1. The van der Waals surface area contributed by atoms with E-state index >= 15 is 0 Å². The Morgan fingerprint density at radius 3 is 2.56 bits per heavy atom. The average molecular weight is 247 g/mol. The third-order valence-electron chi connectivity index (χ3n) is 3.76. The lowest BCUT2D eigenvalue weighted by molar-refractivity contribution is -0.159. The largest absolute Gasteiger partial charge is 0.379 e. The van der Waals surface area contributed by atoms with Gasteiger partial charge in [-0.05, 0) is 38.0 Å². The zero-order chi connectivity index (χ0) is 13.2. The zero-order valence-corrected chi connectivity index (χ0v) is 11.4. The van der Waals surface area contributed by atoms with Crippen molar-refractivity contribution < 1.29 is 9.53 Å².